The summed E-state index contributed by atoms with van der Waals surface area (Å²) in [6.45, 7) is 3.33. The molecular formula is C22H24BrN7O2. The number of halogens is 1. The highest BCUT2D eigenvalue weighted by atomic mass is 79.9. The van der Waals surface area contributed by atoms with Gasteiger partial charge in [-0.25, -0.2) is 5.43 Å². The molecule has 0 bridgehead atoms. The third kappa shape index (κ3) is 5.92. The molecule has 1 fully saturated rings. The van der Waals surface area contributed by atoms with Crippen LogP contribution in [-0.4, -0.2) is 54.6 Å². The van der Waals surface area contributed by atoms with Gasteiger partial charge in [0.1, 0.15) is 5.75 Å². The third-order valence-electron chi connectivity index (χ3n) is 4.77. The highest BCUT2D eigenvalue weighted by Gasteiger charge is 2.16. The van der Waals surface area contributed by atoms with Gasteiger partial charge in [0.15, 0.2) is 0 Å². The summed E-state index contributed by atoms with van der Waals surface area (Å²) in [7, 11) is 1.62. The van der Waals surface area contributed by atoms with Crippen molar-refractivity contribution in [1.29, 1.82) is 0 Å². The standard InChI is InChI=1S/C22H24BrN7O2/c1-31-19-8-7-18(23)13-17(19)15-25-29-21-26-20(24-14-16-5-3-2-4-6-16)27-22(28-21)30-9-11-32-12-10-30/h2-8,13,15H,9-12,14H2,1H3,(H2,24,26,27,28,29). The van der Waals surface area contributed by atoms with Crippen molar-refractivity contribution in [1.82, 2.24) is 15.0 Å². The minimum Gasteiger partial charge on any atom is -0.496 e. The fourth-order valence-corrected chi connectivity index (χ4v) is 3.52. The fourth-order valence-electron chi connectivity index (χ4n) is 3.14. The first-order valence-corrected chi connectivity index (χ1v) is 11.0. The summed E-state index contributed by atoms with van der Waals surface area (Å²) in [4.78, 5) is 15.7. The zero-order valence-electron chi connectivity index (χ0n) is 17.7. The van der Waals surface area contributed by atoms with Crippen LogP contribution in [0.15, 0.2) is 58.1 Å². The Balaban J connectivity index is 1.53. The van der Waals surface area contributed by atoms with Crippen LogP contribution in [-0.2, 0) is 11.3 Å². The number of aromatic nitrogens is 3. The SMILES string of the molecule is COc1ccc(Br)cc1C=NNc1nc(NCc2ccccc2)nc(N2CCOCC2)n1. The first-order valence-electron chi connectivity index (χ1n) is 10.2. The van der Waals surface area contributed by atoms with Gasteiger partial charge in [0.25, 0.3) is 0 Å². The van der Waals surface area contributed by atoms with Crippen molar-refractivity contribution in [2.75, 3.05) is 49.1 Å². The van der Waals surface area contributed by atoms with Gasteiger partial charge in [-0.3, -0.25) is 0 Å². The molecule has 0 saturated carbocycles. The van der Waals surface area contributed by atoms with Crippen LogP contribution in [0, 0.1) is 0 Å². The average molecular weight is 498 g/mol. The number of anilines is 3. The summed E-state index contributed by atoms with van der Waals surface area (Å²) in [5.74, 6) is 2.12. The van der Waals surface area contributed by atoms with Crippen LogP contribution in [0.2, 0.25) is 0 Å². The van der Waals surface area contributed by atoms with Gasteiger partial charge >= 0.3 is 0 Å². The maximum atomic E-state index is 5.45. The summed E-state index contributed by atoms with van der Waals surface area (Å²) in [6.07, 6.45) is 1.67. The van der Waals surface area contributed by atoms with E-state index in [0.29, 0.717) is 43.4 Å². The van der Waals surface area contributed by atoms with E-state index in [4.69, 9.17) is 9.47 Å². The van der Waals surface area contributed by atoms with Crippen LogP contribution in [0.5, 0.6) is 5.75 Å². The molecular weight excluding hydrogens is 474 g/mol. The van der Waals surface area contributed by atoms with E-state index < -0.39 is 0 Å². The summed E-state index contributed by atoms with van der Waals surface area (Å²) in [5, 5.41) is 7.58. The van der Waals surface area contributed by atoms with Crippen molar-refractivity contribution in [3.8, 4) is 5.75 Å². The predicted molar refractivity (Wildman–Crippen MR) is 129 cm³/mol. The Kier molecular flexibility index (Phi) is 7.47. The number of hydrogen-bond acceptors (Lipinski definition) is 9. The quantitative estimate of drug-likeness (QED) is 0.360. The van der Waals surface area contributed by atoms with E-state index >= 15 is 0 Å². The second kappa shape index (κ2) is 10.9. The minimum absolute atomic E-state index is 0.349. The van der Waals surface area contributed by atoms with Crippen molar-refractivity contribution < 1.29 is 9.47 Å². The molecule has 1 saturated heterocycles. The maximum Gasteiger partial charge on any atom is 0.250 e. The van der Waals surface area contributed by atoms with Gasteiger partial charge in [-0.05, 0) is 23.8 Å². The van der Waals surface area contributed by atoms with E-state index in [1.165, 1.54) is 0 Å². The average Bonchev–Trinajstić information content (AvgIpc) is 2.84. The van der Waals surface area contributed by atoms with Crippen LogP contribution in [0.3, 0.4) is 0 Å². The molecule has 2 heterocycles. The molecule has 166 valence electrons. The van der Waals surface area contributed by atoms with E-state index in [2.05, 4.69) is 51.6 Å². The molecule has 1 aliphatic rings. The van der Waals surface area contributed by atoms with Crippen LogP contribution in [0.25, 0.3) is 0 Å². The fraction of sp³-hybridized carbons (Fsp3) is 0.273. The molecule has 0 radical (unpaired) electrons. The zero-order valence-corrected chi connectivity index (χ0v) is 19.2. The molecule has 0 spiro atoms. The van der Waals surface area contributed by atoms with Gasteiger partial charge in [0.2, 0.25) is 17.8 Å². The van der Waals surface area contributed by atoms with Crippen molar-refractivity contribution in [3.63, 3.8) is 0 Å². The second-order valence-electron chi connectivity index (χ2n) is 6.98. The number of rotatable bonds is 8. The largest absolute Gasteiger partial charge is 0.496 e. The van der Waals surface area contributed by atoms with Gasteiger partial charge in [0, 0.05) is 29.7 Å². The highest BCUT2D eigenvalue weighted by Crippen LogP contribution is 2.21. The molecule has 0 amide bonds. The lowest BCUT2D eigenvalue weighted by Crippen LogP contribution is -2.37. The number of ether oxygens (including phenoxy) is 2. The number of nitrogens with one attached hydrogen (secondary N) is 2. The van der Waals surface area contributed by atoms with Gasteiger partial charge in [0.05, 0.1) is 26.5 Å². The van der Waals surface area contributed by atoms with E-state index in [-0.39, 0.29) is 0 Å². The molecule has 4 rings (SSSR count). The van der Waals surface area contributed by atoms with Crippen molar-refractivity contribution in [2.24, 2.45) is 5.10 Å². The topological polar surface area (TPSA) is 96.8 Å². The summed E-state index contributed by atoms with van der Waals surface area (Å²) in [5.41, 5.74) is 4.87. The Bertz CT molecular complexity index is 1060. The van der Waals surface area contributed by atoms with E-state index in [1.807, 2.05) is 48.5 Å². The first-order chi connectivity index (χ1) is 15.7. The monoisotopic (exact) mass is 497 g/mol. The predicted octanol–water partition coefficient (Wildman–Crippen LogP) is 3.54. The Morgan fingerprint density at radius 1 is 1.09 bits per heavy atom. The lowest BCUT2D eigenvalue weighted by atomic mass is 10.2. The number of benzene rings is 2. The lowest BCUT2D eigenvalue weighted by molar-refractivity contribution is 0.122. The summed E-state index contributed by atoms with van der Waals surface area (Å²) in [6, 6.07) is 15.8. The Labute approximate surface area is 195 Å². The first kappa shape index (κ1) is 22.0. The smallest absolute Gasteiger partial charge is 0.250 e. The van der Waals surface area contributed by atoms with Crippen molar-refractivity contribution >= 4 is 40.0 Å². The number of hydrazone groups is 1. The highest BCUT2D eigenvalue weighted by molar-refractivity contribution is 9.10. The normalized spacial score (nSPS) is 13.9. The third-order valence-corrected chi connectivity index (χ3v) is 5.26. The molecule has 0 atom stereocenters. The van der Waals surface area contributed by atoms with E-state index in [1.54, 1.807) is 13.3 Å². The zero-order chi connectivity index (χ0) is 22.2. The molecule has 9 nitrogen and oxygen atoms in total. The number of nitrogens with zero attached hydrogens (tertiary/aromatic N) is 5. The summed E-state index contributed by atoms with van der Waals surface area (Å²) < 4.78 is 11.8. The van der Waals surface area contributed by atoms with Gasteiger partial charge in [-0.1, -0.05) is 46.3 Å². The van der Waals surface area contributed by atoms with Gasteiger partial charge < -0.3 is 19.7 Å². The minimum atomic E-state index is 0.349. The van der Waals surface area contributed by atoms with Gasteiger partial charge in [-0.15, -0.1) is 0 Å². The number of morpholine rings is 1. The van der Waals surface area contributed by atoms with E-state index in [9.17, 15) is 0 Å². The van der Waals surface area contributed by atoms with Crippen molar-refractivity contribution in [2.45, 2.75) is 6.54 Å². The number of methoxy groups -OCH3 is 1. The second-order valence-corrected chi connectivity index (χ2v) is 7.89. The Morgan fingerprint density at radius 3 is 2.66 bits per heavy atom. The Hall–Kier alpha value is -3.24. The molecule has 2 aromatic carbocycles. The lowest BCUT2D eigenvalue weighted by Gasteiger charge is -2.27. The molecule has 10 heteroatoms. The molecule has 2 N–H and O–H groups in total. The number of hydrogen-bond donors (Lipinski definition) is 2. The molecule has 3 aromatic rings. The molecule has 1 aromatic heterocycles. The molecule has 0 aliphatic carbocycles. The Morgan fingerprint density at radius 2 is 1.88 bits per heavy atom. The van der Waals surface area contributed by atoms with Crippen LogP contribution >= 0.6 is 15.9 Å². The van der Waals surface area contributed by atoms with Crippen molar-refractivity contribution in [3.05, 3.63) is 64.1 Å². The molecule has 1 aliphatic heterocycles. The van der Waals surface area contributed by atoms with Crippen LogP contribution in [0.4, 0.5) is 17.8 Å². The molecule has 0 unspecified atom stereocenters. The van der Waals surface area contributed by atoms with Crippen LogP contribution < -0.4 is 20.4 Å². The van der Waals surface area contributed by atoms with Gasteiger partial charge in [-0.2, -0.15) is 20.1 Å². The van der Waals surface area contributed by atoms with Crippen LogP contribution in [0.1, 0.15) is 11.1 Å². The summed E-state index contributed by atoms with van der Waals surface area (Å²) >= 11 is 3.47. The van der Waals surface area contributed by atoms with E-state index in [0.717, 1.165) is 28.7 Å². The maximum absolute atomic E-state index is 5.45. The molecule has 32 heavy (non-hydrogen) atoms.